The summed E-state index contributed by atoms with van der Waals surface area (Å²) in [5, 5.41) is -0.00534. The van der Waals surface area contributed by atoms with Crippen molar-refractivity contribution in [3.05, 3.63) is 58.4 Å². The first kappa shape index (κ1) is 12.0. The molecule has 0 aliphatic carbocycles. The highest BCUT2D eigenvalue weighted by Gasteiger charge is 2.29. The first-order chi connectivity index (χ1) is 9.08. The molecule has 2 aromatic rings. The Morgan fingerprint density at radius 1 is 1.26 bits per heavy atom. The zero-order valence-electron chi connectivity index (χ0n) is 9.86. The van der Waals surface area contributed by atoms with Gasteiger partial charge < -0.3 is 10.6 Å². The number of halogens is 2. The lowest BCUT2D eigenvalue weighted by Crippen LogP contribution is -2.22. The van der Waals surface area contributed by atoms with Crippen LogP contribution in [0.15, 0.2) is 36.4 Å². The van der Waals surface area contributed by atoms with Crippen LogP contribution in [0.2, 0.25) is 5.02 Å². The van der Waals surface area contributed by atoms with Gasteiger partial charge in [0.15, 0.2) is 0 Å². The predicted molar refractivity (Wildman–Crippen MR) is 72.8 cm³/mol. The first-order valence-corrected chi connectivity index (χ1v) is 6.10. The van der Waals surface area contributed by atoms with E-state index in [1.807, 2.05) is 0 Å². The molecule has 0 atom stereocenters. The van der Waals surface area contributed by atoms with Gasteiger partial charge in [0.1, 0.15) is 5.82 Å². The van der Waals surface area contributed by atoms with Crippen LogP contribution in [0.3, 0.4) is 0 Å². The van der Waals surface area contributed by atoms with Gasteiger partial charge in [-0.1, -0.05) is 17.7 Å². The van der Waals surface area contributed by atoms with E-state index in [4.69, 9.17) is 17.3 Å². The lowest BCUT2D eigenvalue weighted by atomic mass is 10.1. The van der Waals surface area contributed by atoms with Gasteiger partial charge in [0, 0.05) is 22.5 Å². The van der Waals surface area contributed by atoms with E-state index in [1.165, 1.54) is 23.1 Å². The molecule has 2 aromatic carbocycles. The molecule has 0 spiro atoms. The van der Waals surface area contributed by atoms with E-state index in [9.17, 15) is 9.18 Å². The molecule has 1 heterocycles. The van der Waals surface area contributed by atoms with Crippen molar-refractivity contribution in [1.29, 1.82) is 0 Å². The highest BCUT2D eigenvalue weighted by molar-refractivity contribution is 6.31. The van der Waals surface area contributed by atoms with E-state index < -0.39 is 5.82 Å². The van der Waals surface area contributed by atoms with Crippen LogP contribution in [0, 0.1) is 5.82 Å². The normalized spacial score (nSPS) is 13.8. The fourth-order valence-corrected chi connectivity index (χ4v) is 2.39. The maximum absolute atomic E-state index is 13.2. The summed E-state index contributed by atoms with van der Waals surface area (Å²) >= 11 is 5.74. The van der Waals surface area contributed by atoms with E-state index in [0.29, 0.717) is 23.5 Å². The number of carbonyl (C=O) groups is 1. The summed E-state index contributed by atoms with van der Waals surface area (Å²) in [4.78, 5) is 13.8. The molecule has 3 rings (SSSR count). The number of nitrogens with zero attached hydrogens (tertiary/aromatic N) is 1. The summed E-state index contributed by atoms with van der Waals surface area (Å²) < 4.78 is 13.2. The van der Waals surface area contributed by atoms with Crippen LogP contribution in [0.5, 0.6) is 0 Å². The number of hydrogen-bond acceptors (Lipinski definition) is 2. The third-order valence-corrected chi connectivity index (χ3v) is 3.51. The van der Waals surface area contributed by atoms with Crippen molar-refractivity contribution in [3.63, 3.8) is 0 Å². The molecule has 1 amide bonds. The lowest BCUT2D eigenvalue weighted by molar-refractivity contribution is 0.0996. The number of hydrogen-bond donors (Lipinski definition) is 1. The predicted octanol–water partition coefficient (Wildman–Crippen LogP) is 3.22. The fourth-order valence-electron chi connectivity index (χ4n) is 2.22. The second kappa shape index (κ2) is 4.24. The van der Waals surface area contributed by atoms with E-state index in [1.54, 1.807) is 18.2 Å². The number of nitrogen functional groups attached to an aromatic ring is 1. The number of anilines is 2. The van der Waals surface area contributed by atoms with Crippen LogP contribution >= 0.6 is 11.6 Å². The fraction of sp³-hybridized carbons (Fsp3) is 0.0714. The molecule has 0 radical (unpaired) electrons. The zero-order chi connectivity index (χ0) is 13.6. The maximum Gasteiger partial charge on any atom is 0.259 e. The smallest absolute Gasteiger partial charge is 0.259 e. The SMILES string of the molecule is Nc1cccc2c1CN(c1ccc(F)c(Cl)c1)C2=O. The van der Waals surface area contributed by atoms with Crippen LogP contribution in [-0.2, 0) is 6.54 Å². The Labute approximate surface area is 114 Å². The van der Waals surface area contributed by atoms with Gasteiger partial charge in [-0.25, -0.2) is 4.39 Å². The molecule has 19 heavy (non-hydrogen) atoms. The average molecular weight is 277 g/mol. The molecule has 1 aliphatic rings. The summed E-state index contributed by atoms with van der Waals surface area (Å²) in [6, 6.07) is 9.45. The minimum Gasteiger partial charge on any atom is -0.398 e. The zero-order valence-corrected chi connectivity index (χ0v) is 10.6. The third kappa shape index (κ3) is 1.85. The quantitative estimate of drug-likeness (QED) is 0.813. The van der Waals surface area contributed by atoms with Gasteiger partial charge in [-0.05, 0) is 30.3 Å². The highest BCUT2D eigenvalue weighted by Crippen LogP contribution is 2.33. The Hall–Kier alpha value is -2.07. The van der Waals surface area contributed by atoms with Crippen molar-refractivity contribution in [2.24, 2.45) is 0 Å². The van der Waals surface area contributed by atoms with Gasteiger partial charge in [0.05, 0.1) is 11.6 Å². The minimum atomic E-state index is -0.505. The van der Waals surface area contributed by atoms with Crippen molar-refractivity contribution in [1.82, 2.24) is 0 Å². The molecule has 0 fully saturated rings. The second-order valence-corrected chi connectivity index (χ2v) is 4.77. The molecule has 0 bridgehead atoms. The summed E-state index contributed by atoms with van der Waals surface area (Å²) in [6.45, 7) is 0.378. The van der Waals surface area contributed by atoms with Crippen molar-refractivity contribution >= 4 is 28.9 Å². The molecular weight excluding hydrogens is 267 g/mol. The number of benzene rings is 2. The maximum atomic E-state index is 13.2. The highest BCUT2D eigenvalue weighted by atomic mass is 35.5. The standard InChI is InChI=1S/C14H10ClFN2O/c15-11-6-8(4-5-12(11)16)18-7-10-9(14(18)19)2-1-3-13(10)17/h1-6H,7,17H2. The molecule has 0 saturated heterocycles. The Balaban J connectivity index is 2.04. The van der Waals surface area contributed by atoms with E-state index in [0.717, 1.165) is 5.56 Å². The largest absolute Gasteiger partial charge is 0.398 e. The Kier molecular flexibility index (Phi) is 2.68. The first-order valence-electron chi connectivity index (χ1n) is 5.72. The molecule has 96 valence electrons. The number of nitrogens with two attached hydrogens (primary N) is 1. The number of carbonyl (C=O) groups excluding carboxylic acids is 1. The summed E-state index contributed by atoms with van der Waals surface area (Å²) in [5.74, 6) is -0.654. The van der Waals surface area contributed by atoms with Crippen molar-refractivity contribution in [2.75, 3.05) is 10.6 Å². The number of rotatable bonds is 1. The summed E-state index contributed by atoms with van der Waals surface area (Å²) in [5.41, 5.74) is 8.39. The molecule has 1 aliphatic heterocycles. The number of amides is 1. The van der Waals surface area contributed by atoms with Gasteiger partial charge in [-0.3, -0.25) is 4.79 Å². The van der Waals surface area contributed by atoms with Crippen molar-refractivity contribution in [3.8, 4) is 0 Å². The van der Waals surface area contributed by atoms with Crippen LogP contribution < -0.4 is 10.6 Å². The topological polar surface area (TPSA) is 46.3 Å². The second-order valence-electron chi connectivity index (χ2n) is 4.36. The molecule has 5 heteroatoms. The van der Waals surface area contributed by atoms with Gasteiger partial charge in [-0.15, -0.1) is 0 Å². The Bertz CT molecular complexity index is 687. The van der Waals surface area contributed by atoms with Crippen molar-refractivity contribution in [2.45, 2.75) is 6.54 Å². The van der Waals surface area contributed by atoms with E-state index in [-0.39, 0.29) is 10.9 Å². The summed E-state index contributed by atoms with van der Waals surface area (Å²) in [7, 11) is 0. The van der Waals surface area contributed by atoms with Gasteiger partial charge in [0.25, 0.3) is 5.91 Å². The monoisotopic (exact) mass is 276 g/mol. The molecule has 0 unspecified atom stereocenters. The van der Waals surface area contributed by atoms with Gasteiger partial charge in [-0.2, -0.15) is 0 Å². The van der Waals surface area contributed by atoms with E-state index in [2.05, 4.69) is 0 Å². The third-order valence-electron chi connectivity index (χ3n) is 3.22. The molecule has 3 nitrogen and oxygen atoms in total. The Morgan fingerprint density at radius 2 is 2.05 bits per heavy atom. The minimum absolute atomic E-state index is 0.00534. The molecular formula is C14H10ClFN2O. The van der Waals surface area contributed by atoms with Crippen LogP contribution in [0.1, 0.15) is 15.9 Å². The molecule has 0 saturated carbocycles. The van der Waals surface area contributed by atoms with E-state index >= 15 is 0 Å². The van der Waals surface area contributed by atoms with Crippen LogP contribution in [0.4, 0.5) is 15.8 Å². The van der Waals surface area contributed by atoms with Crippen molar-refractivity contribution < 1.29 is 9.18 Å². The summed E-state index contributed by atoms with van der Waals surface area (Å²) in [6.07, 6.45) is 0. The molecule has 0 aromatic heterocycles. The average Bonchev–Trinajstić information content (AvgIpc) is 2.72. The van der Waals surface area contributed by atoms with Crippen LogP contribution in [-0.4, -0.2) is 5.91 Å². The lowest BCUT2D eigenvalue weighted by Gasteiger charge is -2.16. The molecule has 2 N–H and O–H groups in total. The Morgan fingerprint density at radius 3 is 2.74 bits per heavy atom. The van der Waals surface area contributed by atoms with Gasteiger partial charge >= 0.3 is 0 Å². The number of fused-ring (bicyclic) bond motifs is 1. The van der Waals surface area contributed by atoms with Gasteiger partial charge in [0.2, 0.25) is 0 Å². The van der Waals surface area contributed by atoms with Crippen LogP contribution in [0.25, 0.3) is 0 Å².